The molecular weight excluding hydrogens is 260 g/mol. The zero-order chi connectivity index (χ0) is 14.4. The lowest BCUT2D eigenvalue weighted by atomic mass is 10.1. The monoisotopic (exact) mass is 276 g/mol. The van der Waals surface area contributed by atoms with E-state index in [1.165, 1.54) is 12.3 Å². The summed E-state index contributed by atoms with van der Waals surface area (Å²) in [7, 11) is 1.67. The van der Waals surface area contributed by atoms with Gasteiger partial charge in [-0.05, 0) is 30.2 Å². The van der Waals surface area contributed by atoms with Crippen molar-refractivity contribution in [2.24, 2.45) is 0 Å². The van der Waals surface area contributed by atoms with E-state index in [0.717, 1.165) is 12.0 Å². The molecule has 0 aliphatic heterocycles. The lowest BCUT2D eigenvalue weighted by molar-refractivity contribution is 0.0692. The van der Waals surface area contributed by atoms with Crippen LogP contribution < -0.4 is 4.74 Å². The van der Waals surface area contributed by atoms with Gasteiger partial charge in [0, 0.05) is 7.11 Å². The number of hydrogen-bond acceptors (Lipinski definition) is 4. The van der Waals surface area contributed by atoms with Crippen molar-refractivity contribution in [2.75, 3.05) is 13.7 Å². The molecule has 1 N–H and O–H groups in total. The zero-order valence-electron chi connectivity index (χ0n) is 11.2. The molecule has 0 spiro atoms. The highest BCUT2D eigenvalue weighted by atomic mass is 16.5. The van der Waals surface area contributed by atoms with Gasteiger partial charge in [0.1, 0.15) is 17.9 Å². The minimum absolute atomic E-state index is 0.0893. The molecular formula is C15H16O5. The van der Waals surface area contributed by atoms with Crippen LogP contribution >= 0.6 is 0 Å². The van der Waals surface area contributed by atoms with E-state index >= 15 is 0 Å². The topological polar surface area (TPSA) is 68.9 Å². The standard InChI is InChI=1S/C15H16O5/c1-18-8-6-11-2-4-12(5-3-11)20-10-14-13(15(16)17)7-9-19-14/h2-5,7,9H,6,8,10H2,1H3,(H,16,17). The van der Waals surface area contributed by atoms with Gasteiger partial charge in [-0.25, -0.2) is 4.79 Å². The van der Waals surface area contributed by atoms with Crippen molar-refractivity contribution in [2.45, 2.75) is 13.0 Å². The van der Waals surface area contributed by atoms with Gasteiger partial charge in [-0.2, -0.15) is 0 Å². The smallest absolute Gasteiger partial charge is 0.339 e. The molecule has 5 nitrogen and oxygen atoms in total. The molecule has 5 heteroatoms. The number of hydrogen-bond donors (Lipinski definition) is 1. The van der Waals surface area contributed by atoms with Crippen molar-refractivity contribution >= 4 is 5.97 Å². The van der Waals surface area contributed by atoms with Crippen molar-refractivity contribution in [1.82, 2.24) is 0 Å². The fourth-order valence-electron chi connectivity index (χ4n) is 1.76. The second-order valence-corrected chi connectivity index (χ2v) is 4.24. The Morgan fingerprint density at radius 1 is 1.25 bits per heavy atom. The minimum Gasteiger partial charge on any atom is -0.486 e. The van der Waals surface area contributed by atoms with Crippen molar-refractivity contribution in [1.29, 1.82) is 0 Å². The van der Waals surface area contributed by atoms with Crippen LogP contribution in [0.2, 0.25) is 0 Å². The average Bonchev–Trinajstić information content (AvgIpc) is 2.92. The third-order valence-corrected chi connectivity index (χ3v) is 2.86. The van der Waals surface area contributed by atoms with Gasteiger partial charge in [0.15, 0.2) is 5.76 Å². The molecule has 1 heterocycles. The zero-order valence-corrected chi connectivity index (χ0v) is 11.2. The number of benzene rings is 1. The van der Waals surface area contributed by atoms with E-state index in [0.29, 0.717) is 18.1 Å². The van der Waals surface area contributed by atoms with E-state index in [-0.39, 0.29) is 12.2 Å². The Bertz CT molecular complexity index is 556. The fraction of sp³-hybridized carbons (Fsp3) is 0.267. The van der Waals surface area contributed by atoms with E-state index in [1.807, 2.05) is 24.3 Å². The Balaban J connectivity index is 1.93. The third-order valence-electron chi connectivity index (χ3n) is 2.86. The maximum Gasteiger partial charge on any atom is 0.339 e. The van der Waals surface area contributed by atoms with E-state index in [4.69, 9.17) is 19.0 Å². The molecule has 0 aliphatic carbocycles. The molecule has 0 fully saturated rings. The van der Waals surface area contributed by atoms with E-state index < -0.39 is 5.97 Å². The number of furan rings is 1. The normalized spacial score (nSPS) is 10.4. The van der Waals surface area contributed by atoms with Crippen LogP contribution in [-0.4, -0.2) is 24.8 Å². The molecule has 20 heavy (non-hydrogen) atoms. The molecule has 0 aliphatic rings. The number of carboxylic acid groups (broad SMARTS) is 1. The van der Waals surface area contributed by atoms with E-state index in [9.17, 15) is 4.79 Å². The number of rotatable bonds is 7. The van der Waals surface area contributed by atoms with Gasteiger partial charge in [0.25, 0.3) is 0 Å². The molecule has 0 saturated heterocycles. The summed E-state index contributed by atoms with van der Waals surface area (Å²) in [5.74, 6) is -0.0490. The molecule has 2 rings (SSSR count). The molecule has 0 atom stereocenters. The summed E-state index contributed by atoms with van der Waals surface area (Å²) in [5.41, 5.74) is 1.28. The molecule has 1 aromatic heterocycles. The van der Waals surface area contributed by atoms with Crippen LogP contribution in [0, 0.1) is 0 Å². The summed E-state index contributed by atoms with van der Waals surface area (Å²) >= 11 is 0. The third kappa shape index (κ3) is 3.61. The highest BCUT2D eigenvalue weighted by Crippen LogP contribution is 2.17. The van der Waals surface area contributed by atoms with Crippen LogP contribution in [0.15, 0.2) is 41.0 Å². The molecule has 2 aromatic rings. The van der Waals surface area contributed by atoms with Gasteiger partial charge in [0.05, 0.1) is 12.9 Å². The van der Waals surface area contributed by atoms with Crippen molar-refractivity contribution in [3.05, 3.63) is 53.5 Å². The second kappa shape index (κ2) is 6.77. The maximum absolute atomic E-state index is 10.9. The highest BCUT2D eigenvalue weighted by Gasteiger charge is 2.13. The quantitative estimate of drug-likeness (QED) is 0.842. The Hall–Kier alpha value is -2.27. The van der Waals surface area contributed by atoms with Crippen molar-refractivity contribution < 1.29 is 23.8 Å². The summed E-state index contributed by atoms with van der Waals surface area (Å²) < 4.78 is 15.6. The molecule has 1 aromatic carbocycles. The first kappa shape index (κ1) is 14.1. The van der Waals surface area contributed by atoms with Crippen LogP contribution in [0.5, 0.6) is 5.75 Å². The second-order valence-electron chi connectivity index (χ2n) is 4.24. The first-order valence-corrected chi connectivity index (χ1v) is 6.21. The number of carbonyl (C=O) groups is 1. The summed E-state index contributed by atoms with van der Waals surface area (Å²) in [6.07, 6.45) is 2.19. The van der Waals surface area contributed by atoms with Crippen molar-refractivity contribution in [3.63, 3.8) is 0 Å². The Labute approximate surface area is 116 Å². The van der Waals surface area contributed by atoms with E-state index in [1.54, 1.807) is 7.11 Å². The van der Waals surface area contributed by atoms with Crippen LogP contribution in [0.3, 0.4) is 0 Å². The van der Waals surface area contributed by atoms with Crippen LogP contribution in [0.4, 0.5) is 0 Å². The molecule has 0 bridgehead atoms. The van der Waals surface area contributed by atoms with Gasteiger partial charge < -0.3 is 19.0 Å². The van der Waals surface area contributed by atoms with Crippen LogP contribution in [0.1, 0.15) is 21.7 Å². The van der Waals surface area contributed by atoms with Gasteiger partial charge in [0.2, 0.25) is 0 Å². The summed E-state index contributed by atoms with van der Waals surface area (Å²) in [4.78, 5) is 10.9. The van der Waals surface area contributed by atoms with Crippen LogP contribution in [-0.2, 0) is 17.8 Å². The molecule has 0 amide bonds. The van der Waals surface area contributed by atoms with Gasteiger partial charge >= 0.3 is 5.97 Å². The molecule has 0 saturated carbocycles. The van der Waals surface area contributed by atoms with E-state index in [2.05, 4.69) is 0 Å². The maximum atomic E-state index is 10.9. The van der Waals surface area contributed by atoms with Crippen molar-refractivity contribution in [3.8, 4) is 5.75 Å². The Morgan fingerprint density at radius 2 is 2.00 bits per heavy atom. The minimum atomic E-state index is -1.02. The Morgan fingerprint density at radius 3 is 2.65 bits per heavy atom. The average molecular weight is 276 g/mol. The molecule has 106 valence electrons. The first-order valence-electron chi connectivity index (χ1n) is 6.21. The lowest BCUT2D eigenvalue weighted by Gasteiger charge is -2.06. The Kier molecular flexibility index (Phi) is 4.79. The number of ether oxygens (including phenoxy) is 2. The molecule has 0 unspecified atom stereocenters. The largest absolute Gasteiger partial charge is 0.486 e. The number of aromatic carboxylic acids is 1. The number of methoxy groups -OCH3 is 1. The molecule has 0 radical (unpaired) electrons. The lowest BCUT2D eigenvalue weighted by Crippen LogP contribution is -2.02. The predicted molar refractivity (Wildman–Crippen MR) is 72.0 cm³/mol. The first-order chi connectivity index (χ1) is 9.70. The van der Waals surface area contributed by atoms with Gasteiger partial charge in [-0.3, -0.25) is 0 Å². The predicted octanol–water partition coefficient (Wildman–Crippen LogP) is 2.75. The van der Waals surface area contributed by atoms with Gasteiger partial charge in [-0.1, -0.05) is 12.1 Å². The number of carboxylic acids is 1. The summed E-state index contributed by atoms with van der Waals surface area (Å²) in [6, 6.07) is 9.00. The fourth-order valence-corrected chi connectivity index (χ4v) is 1.76. The highest BCUT2D eigenvalue weighted by molar-refractivity contribution is 5.88. The van der Waals surface area contributed by atoms with Gasteiger partial charge in [-0.15, -0.1) is 0 Å². The van der Waals surface area contributed by atoms with Crippen LogP contribution in [0.25, 0.3) is 0 Å². The SMILES string of the molecule is COCCc1ccc(OCc2occc2C(=O)O)cc1. The summed E-state index contributed by atoms with van der Waals surface area (Å²) in [6.45, 7) is 0.765. The summed E-state index contributed by atoms with van der Waals surface area (Å²) in [5, 5.41) is 8.94.